The van der Waals surface area contributed by atoms with Crippen LogP contribution in [0, 0.1) is 0 Å². The van der Waals surface area contributed by atoms with Crippen molar-refractivity contribution in [2.45, 2.75) is 32.8 Å². The Hall–Kier alpha value is -0.0800. The Morgan fingerprint density at radius 1 is 1.50 bits per heavy atom. The van der Waals surface area contributed by atoms with Gasteiger partial charge in [-0.1, -0.05) is 6.92 Å². The van der Waals surface area contributed by atoms with Gasteiger partial charge >= 0.3 is 0 Å². The highest BCUT2D eigenvalue weighted by atomic mass is 16.6. The van der Waals surface area contributed by atoms with Gasteiger partial charge in [0.25, 0.3) is 0 Å². The molecule has 0 atom stereocenters. The lowest BCUT2D eigenvalue weighted by atomic mass is 10.1. The molecule has 0 N–H and O–H groups in total. The third-order valence-electron chi connectivity index (χ3n) is 1.30. The molecule has 0 spiro atoms. The van der Waals surface area contributed by atoms with Gasteiger partial charge in [-0.25, -0.2) is 5.11 Å². The van der Waals surface area contributed by atoms with Crippen molar-refractivity contribution in [3.63, 3.8) is 0 Å². The van der Waals surface area contributed by atoms with Gasteiger partial charge in [0.15, 0.2) is 6.79 Å². The summed E-state index contributed by atoms with van der Waals surface area (Å²) in [5.74, 6) is 0. The second-order valence-corrected chi connectivity index (χ2v) is 2.38. The minimum Gasteiger partial charge on any atom is -0.346 e. The molecule has 0 aliphatic carbocycles. The predicted octanol–water partition coefficient (Wildman–Crippen LogP) is 1.58. The first-order valence-corrected chi connectivity index (χ1v) is 2.84. The molecule has 0 aliphatic heterocycles. The van der Waals surface area contributed by atoms with Gasteiger partial charge in [-0.05, 0) is 20.3 Å². The van der Waals surface area contributed by atoms with E-state index in [0.29, 0.717) is 0 Å². The summed E-state index contributed by atoms with van der Waals surface area (Å²) >= 11 is 0. The fraction of sp³-hybridized carbons (Fsp3) is 1.00. The van der Waals surface area contributed by atoms with Crippen molar-refractivity contribution in [2.24, 2.45) is 0 Å². The molecule has 8 heavy (non-hydrogen) atoms. The van der Waals surface area contributed by atoms with Gasteiger partial charge in [0, 0.05) is 0 Å². The molecule has 2 heteroatoms. The third-order valence-corrected chi connectivity index (χ3v) is 1.30. The Labute approximate surface area is 50.5 Å². The summed E-state index contributed by atoms with van der Waals surface area (Å²) in [4.78, 5) is 0. The van der Waals surface area contributed by atoms with Crippen molar-refractivity contribution in [3.05, 3.63) is 0 Å². The molecule has 0 aromatic heterocycles. The van der Waals surface area contributed by atoms with Crippen LogP contribution in [0.15, 0.2) is 0 Å². The maximum absolute atomic E-state index is 9.88. The number of hydrogen-bond acceptors (Lipinski definition) is 1. The fourth-order valence-corrected chi connectivity index (χ4v) is 0.262. The molecule has 2 nitrogen and oxygen atoms in total. The average Bonchev–Trinajstić information content (AvgIpc) is 1.67. The molecule has 0 bridgehead atoms. The van der Waals surface area contributed by atoms with E-state index in [1.165, 1.54) is 0 Å². The third kappa shape index (κ3) is 2.99. The van der Waals surface area contributed by atoms with Gasteiger partial charge in [-0.15, -0.1) is 0 Å². The topological polar surface area (TPSA) is 29.1 Å². The normalized spacial score (nSPS) is 12.0. The first-order valence-electron chi connectivity index (χ1n) is 2.84. The van der Waals surface area contributed by atoms with Crippen LogP contribution in [0.2, 0.25) is 0 Å². The fourth-order valence-electron chi connectivity index (χ4n) is 0.262. The van der Waals surface area contributed by atoms with E-state index in [0.717, 1.165) is 6.42 Å². The van der Waals surface area contributed by atoms with Gasteiger partial charge < -0.3 is 4.74 Å². The Balaban J connectivity index is 3.37. The van der Waals surface area contributed by atoms with Crippen LogP contribution in [-0.4, -0.2) is 12.4 Å². The second kappa shape index (κ2) is 3.05. The maximum Gasteiger partial charge on any atom is 0.181 e. The SMILES string of the molecule is CCC(C)(C)OC[O]. The highest BCUT2D eigenvalue weighted by molar-refractivity contribution is 4.63. The molecule has 0 aliphatic rings. The van der Waals surface area contributed by atoms with Gasteiger partial charge in [0.2, 0.25) is 0 Å². The van der Waals surface area contributed by atoms with E-state index in [1.54, 1.807) is 0 Å². The van der Waals surface area contributed by atoms with Crippen LogP contribution in [0.3, 0.4) is 0 Å². The van der Waals surface area contributed by atoms with Crippen LogP contribution in [0.1, 0.15) is 27.2 Å². The van der Waals surface area contributed by atoms with Gasteiger partial charge in [0.05, 0.1) is 5.60 Å². The summed E-state index contributed by atoms with van der Waals surface area (Å²) < 4.78 is 4.82. The summed E-state index contributed by atoms with van der Waals surface area (Å²) in [6.45, 7) is 5.38. The van der Waals surface area contributed by atoms with Crippen LogP contribution in [-0.2, 0) is 9.84 Å². The smallest absolute Gasteiger partial charge is 0.181 e. The van der Waals surface area contributed by atoms with Crippen LogP contribution >= 0.6 is 0 Å². The molecule has 0 aromatic rings. The molecule has 1 radical (unpaired) electrons. The van der Waals surface area contributed by atoms with E-state index in [-0.39, 0.29) is 5.60 Å². The molecule has 0 heterocycles. The molecular formula is C6H13O2. The molecular weight excluding hydrogens is 104 g/mol. The van der Waals surface area contributed by atoms with E-state index >= 15 is 0 Å². The van der Waals surface area contributed by atoms with Gasteiger partial charge in [-0.2, -0.15) is 0 Å². The molecule has 0 rings (SSSR count). The van der Waals surface area contributed by atoms with Gasteiger partial charge in [0.1, 0.15) is 0 Å². The van der Waals surface area contributed by atoms with E-state index in [9.17, 15) is 5.11 Å². The summed E-state index contributed by atoms with van der Waals surface area (Å²) in [5, 5.41) is 9.88. The second-order valence-electron chi connectivity index (χ2n) is 2.38. The standard InChI is InChI=1S/C6H13O2/c1-4-6(2,3)8-5-7/h4-5H2,1-3H3. The first-order chi connectivity index (χ1) is 3.62. The lowest BCUT2D eigenvalue weighted by Gasteiger charge is -2.20. The van der Waals surface area contributed by atoms with Crippen molar-refractivity contribution in [1.29, 1.82) is 0 Å². The van der Waals surface area contributed by atoms with E-state index in [2.05, 4.69) is 0 Å². The Kier molecular flexibility index (Phi) is 3.02. The molecule has 0 saturated carbocycles. The van der Waals surface area contributed by atoms with Crippen molar-refractivity contribution in [1.82, 2.24) is 0 Å². The minimum absolute atomic E-state index is 0.220. The summed E-state index contributed by atoms with van der Waals surface area (Å²) in [6.07, 6.45) is 0.884. The zero-order valence-electron chi connectivity index (χ0n) is 5.73. The highest BCUT2D eigenvalue weighted by Crippen LogP contribution is 2.11. The number of rotatable bonds is 3. The Bertz CT molecular complexity index is 59.5. The largest absolute Gasteiger partial charge is 0.346 e. The Morgan fingerprint density at radius 3 is 2.12 bits per heavy atom. The lowest BCUT2D eigenvalue weighted by Crippen LogP contribution is -2.22. The molecule has 0 amide bonds. The molecule has 0 aromatic carbocycles. The summed E-state index contributed by atoms with van der Waals surface area (Å²) in [6, 6.07) is 0. The van der Waals surface area contributed by atoms with Crippen LogP contribution in [0.5, 0.6) is 0 Å². The summed E-state index contributed by atoms with van der Waals surface area (Å²) in [7, 11) is 0. The highest BCUT2D eigenvalue weighted by Gasteiger charge is 2.13. The first kappa shape index (κ1) is 7.92. The predicted molar refractivity (Wildman–Crippen MR) is 31.0 cm³/mol. The van der Waals surface area contributed by atoms with Crippen molar-refractivity contribution >= 4 is 0 Å². The van der Waals surface area contributed by atoms with Crippen molar-refractivity contribution < 1.29 is 9.84 Å². The zero-order chi connectivity index (χ0) is 6.62. The minimum atomic E-state index is -0.430. The van der Waals surface area contributed by atoms with Crippen molar-refractivity contribution in [3.8, 4) is 0 Å². The van der Waals surface area contributed by atoms with Crippen LogP contribution in [0.25, 0.3) is 0 Å². The molecule has 0 saturated heterocycles. The van der Waals surface area contributed by atoms with E-state index < -0.39 is 6.79 Å². The Morgan fingerprint density at radius 2 is 2.00 bits per heavy atom. The van der Waals surface area contributed by atoms with Crippen LogP contribution < -0.4 is 0 Å². The van der Waals surface area contributed by atoms with Crippen LogP contribution in [0.4, 0.5) is 0 Å². The molecule has 0 unspecified atom stereocenters. The average molecular weight is 117 g/mol. The van der Waals surface area contributed by atoms with Gasteiger partial charge in [-0.3, -0.25) is 0 Å². The maximum atomic E-state index is 9.88. The van der Waals surface area contributed by atoms with E-state index in [4.69, 9.17) is 4.74 Å². The zero-order valence-corrected chi connectivity index (χ0v) is 5.73. The number of ether oxygens (including phenoxy) is 1. The van der Waals surface area contributed by atoms with Crippen molar-refractivity contribution in [2.75, 3.05) is 6.79 Å². The molecule has 49 valence electrons. The number of hydrogen-bond donors (Lipinski definition) is 0. The lowest BCUT2D eigenvalue weighted by molar-refractivity contribution is -0.125. The monoisotopic (exact) mass is 117 g/mol. The quantitative estimate of drug-likeness (QED) is 0.516. The molecule has 0 fully saturated rings. The van der Waals surface area contributed by atoms with E-state index in [1.807, 2.05) is 20.8 Å². The summed E-state index contributed by atoms with van der Waals surface area (Å²) in [5.41, 5.74) is -0.220.